The molecule has 36 heavy (non-hydrogen) atoms. The summed E-state index contributed by atoms with van der Waals surface area (Å²) >= 11 is 0. The Morgan fingerprint density at radius 3 is 2.28 bits per heavy atom. The standard InChI is InChI=1S/C31H33N3O2/c1-21-28-17-25-18-29(34(35)36)27(19-26(25)31(21,2)15-16-33(28)20-22-13-14-22)32-30(23-9-5-3-6-10-23)24-11-7-4-8-12-24/h3-12,18-19,21-22,28H,13-17,20H2,1-2H3/t21?,28-,31-/m1/s1. The van der Waals surface area contributed by atoms with Gasteiger partial charge in [-0.2, -0.15) is 0 Å². The minimum atomic E-state index is -0.259. The van der Waals surface area contributed by atoms with Crippen LogP contribution < -0.4 is 0 Å². The van der Waals surface area contributed by atoms with Crippen LogP contribution in [0.3, 0.4) is 0 Å². The molecular weight excluding hydrogens is 446 g/mol. The fraction of sp³-hybridized carbons (Fsp3) is 0.387. The molecule has 0 spiro atoms. The molecule has 1 saturated carbocycles. The van der Waals surface area contributed by atoms with Crippen LogP contribution in [-0.4, -0.2) is 34.7 Å². The number of benzene rings is 3. The predicted octanol–water partition coefficient (Wildman–Crippen LogP) is 6.70. The molecule has 0 aromatic heterocycles. The molecule has 1 aliphatic heterocycles. The minimum Gasteiger partial charge on any atom is -0.299 e. The Bertz CT molecular complexity index is 1270. The van der Waals surface area contributed by atoms with Crippen molar-refractivity contribution in [3.8, 4) is 0 Å². The number of piperidine rings is 1. The maximum atomic E-state index is 12.3. The third-order valence-corrected chi connectivity index (χ3v) is 8.93. The molecule has 2 aliphatic carbocycles. The molecule has 3 aliphatic rings. The summed E-state index contributed by atoms with van der Waals surface area (Å²) in [4.78, 5) is 19.7. The first-order chi connectivity index (χ1) is 17.4. The van der Waals surface area contributed by atoms with Crippen molar-refractivity contribution in [2.45, 2.75) is 51.0 Å². The van der Waals surface area contributed by atoms with Gasteiger partial charge in [0, 0.05) is 29.8 Å². The first-order valence-electron chi connectivity index (χ1n) is 13.2. The Balaban J connectivity index is 1.48. The van der Waals surface area contributed by atoms with Crippen LogP contribution in [0, 0.1) is 22.0 Å². The van der Waals surface area contributed by atoms with E-state index in [-0.39, 0.29) is 16.0 Å². The van der Waals surface area contributed by atoms with Gasteiger partial charge in [0.15, 0.2) is 0 Å². The Morgan fingerprint density at radius 2 is 1.69 bits per heavy atom. The van der Waals surface area contributed by atoms with E-state index in [2.05, 4.69) is 18.7 Å². The lowest BCUT2D eigenvalue weighted by Gasteiger charge is -2.54. The van der Waals surface area contributed by atoms with E-state index in [0.717, 1.165) is 47.7 Å². The zero-order chi connectivity index (χ0) is 24.9. The number of hydrogen-bond acceptors (Lipinski definition) is 4. The molecule has 0 amide bonds. The lowest BCUT2D eigenvalue weighted by Crippen LogP contribution is -2.58. The molecule has 5 heteroatoms. The van der Waals surface area contributed by atoms with E-state index in [1.54, 1.807) is 0 Å². The van der Waals surface area contributed by atoms with Crippen molar-refractivity contribution >= 4 is 17.1 Å². The number of fused-ring (bicyclic) bond motifs is 4. The molecule has 1 unspecified atom stereocenters. The van der Waals surface area contributed by atoms with Gasteiger partial charge in [0.1, 0.15) is 5.69 Å². The summed E-state index contributed by atoms with van der Waals surface area (Å²) in [6.45, 7) is 7.04. The van der Waals surface area contributed by atoms with E-state index in [0.29, 0.717) is 17.6 Å². The van der Waals surface area contributed by atoms with Gasteiger partial charge in [-0.1, -0.05) is 74.5 Å². The number of aliphatic imine (C=N–C) groups is 1. The SMILES string of the molecule is CC1[C@H]2Cc3cc([N+](=O)[O-])c(N=C(c4ccccc4)c4ccccc4)cc3[C@]1(C)CCN2CC1CC1. The predicted molar refractivity (Wildman–Crippen MR) is 144 cm³/mol. The van der Waals surface area contributed by atoms with E-state index in [1.165, 1.54) is 24.9 Å². The molecule has 6 rings (SSSR count). The van der Waals surface area contributed by atoms with Gasteiger partial charge in [-0.05, 0) is 66.7 Å². The highest BCUT2D eigenvalue weighted by Gasteiger charge is 2.49. The van der Waals surface area contributed by atoms with Crippen LogP contribution in [0.25, 0.3) is 0 Å². The number of nitro groups is 1. The third kappa shape index (κ3) is 4.05. The molecule has 2 fully saturated rings. The fourth-order valence-electron chi connectivity index (χ4n) is 6.44. The molecule has 0 N–H and O–H groups in total. The zero-order valence-corrected chi connectivity index (χ0v) is 21.1. The highest BCUT2D eigenvalue weighted by molar-refractivity contribution is 6.14. The topological polar surface area (TPSA) is 58.7 Å². The molecule has 1 saturated heterocycles. The maximum Gasteiger partial charge on any atom is 0.295 e. The third-order valence-electron chi connectivity index (χ3n) is 8.93. The first kappa shape index (κ1) is 23.1. The van der Waals surface area contributed by atoms with Gasteiger partial charge in [-0.3, -0.25) is 15.0 Å². The van der Waals surface area contributed by atoms with Crippen LogP contribution in [-0.2, 0) is 11.8 Å². The summed E-state index contributed by atoms with van der Waals surface area (Å²) < 4.78 is 0. The Labute approximate surface area is 213 Å². The zero-order valence-electron chi connectivity index (χ0n) is 21.1. The van der Waals surface area contributed by atoms with Crippen molar-refractivity contribution in [1.29, 1.82) is 0 Å². The average molecular weight is 480 g/mol. The second-order valence-corrected chi connectivity index (χ2v) is 11.1. The van der Waals surface area contributed by atoms with Crippen LogP contribution in [0.15, 0.2) is 77.8 Å². The van der Waals surface area contributed by atoms with Crippen molar-refractivity contribution in [2.75, 3.05) is 13.1 Å². The molecular formula is C31H33N3O2. The largest absolute Gasteiger partial charge is 0.299 e. The molecule has 3 aromatic carbocycles. The second-order valence-electron chi connectivity index (χ2n) is 11.1. The summed E-state index contributed by atoms with van der Waals surface area (Å²) in [7, 11) is 0. The van der Waals surface area contributed by atoms with Gasteiger partial charge in [0.25, 0.3) is 5.69 Å². The second kappa shape index (κ2) is 8.97. The van der Waals surface area contributed by atoms with Crippen LogP contribution >= 0.6 is 0 Å². The molecule has 3 atom stereocenters. The van der Waals surface area contributed by atoms with Gasteiger partial charge in [-0.15, -0.1) is 0 Å². The molecule has 1 heterocycles. The highest BCUT2D eigenvalue weighted by Crippen LogP contribution is 2.51. The van der Waals surface area contributed by atoms with Crippen molar-refractivity contribution in [1.82, 2.24) is 4.90 Å². The lowest BCUT2D eigenvalue weighted by atomic mass is 9.59. The van der Waals surface area contributed by atoms with Gasteiger partial charge >= 0.3 is 0 Å². The van der Waals surface area contributed by atoms with E-state index < -0.39 is 0 Å². The Kier molecular flexibility index (Phi) is 5.76. The smallest absolute Gasteiger partial charge is 0.295 e. The van der Waals surface area contributed by atoms with Crippen molar-refractivity contribution in [3.63, 3.8) is 0 Å². The molecule has 2 bridgehead atoms. The van der Waals surface area contributed by atoms with Crippen LogP contribution in [0.1, 0.15) is 55.4 Å². The summed E-state index contributed by atoms with van der Waals surface area (Å²) in [6, 6.07) is 24.3. The molecule has 184 valence electrons. The number of hydrogen-bond donors (Lipinski definition) is 0. The number of nitrogens with zero attached hydrogens (tertiary/aromatic N) is 3. The number of rotatable bonds is 6. The van der Waals surface area contributed by atoms with E-state index in [4.69, 9.17) is 4.99 Å². The average Bonchev–Trinajstić information content (AvgIpc) is 3.71. The van der Waals surface area contributed by atoms with Gasteiger partial charge in [0.05, 0.1) is 10.6 Å². The van der Waals surface area contributed by atoms with Crippen molar-refractivity contribution < 1.29 is 4.92 Å². The van der Waals surface area contributed by atoms with Crippen LogP contribution in [0.4, 0.5) is 11.4 Å². The van der Waals surface area contributed by atoms with Crippen molar-refractivity contribution in [3.05, 3.63) is 105 Å². The van der Waals surface area contributed by atoms with E-state index in [1.807, 2.05) is 72.8 Å². The van der Waals surface area contributed by atoms with Crippen LogP contribution in [0.2, 0.25) is 0 Å². The fourth-order valence-corrected chi connectivity index (χ4v) is 6.44. The minimum absolute atomic E-state index is 0.00262. The van der Waals surface area contributed by atoms with Gasteiger partial charge < -0.3 is 0 Å². The molecule has 3 aromatic rings. The monoisotopic (exact) mass is 479 g/mol. The number of likely N-dealkylation sites (tertiary alicyclic amines) is 1. The lowest BCUT2D eigenvalue weighted by molar-refractivity contribution is -0.384. The summed E-state index contributed by atoms with van der Waals surface area (Å²) in [5, 5.41) is 12.3. The summed E-state index contributed by atoms with van der Waals surface area (Å²) in [5.74, 6) is 1.35. The number of nitro benzene ring substituents is 1. The quantitative estimate of drug-likeness (QED) is 0.225. The summed E-state index contributed by atoms with van der Waals surface area (Å²) in [5.41, 5.74) is 5.58. The van der Waals surface area contributed by atoms with E-state index >= 15 is 0 Å². The first-order valence-corrected chi connectivity index (χ1v) is 13.2. The van der Waals surface area contributed by atoms with Crippen molar-refractivity contribution in [2.24, 2.45) is 16.8 Å². The normalized spacial score (nSPS) is 25.2. The van der Waals surface area contributed by atoms with Crippen LogP contribution in [0.5, 0.6) is 0 Å². The van der Waals surface area contributed by atoms with Gasteiger partial charge in [-0.25, -0.2) is 4.99 Å². The molecule has 5 nitrogen and oxygen atoms in total. The Hall–Kier alpha value is -3.31. The Morgan fingerprint density at radius 1 is 1.06 bits per heavy atom. The maximum absolute atomic E-state index is 12.3. The van der Waals surface area contributed by atoms with E-state index in [9.17, 15) is 10.1 Å². The highest BCUT2D eigenvalue weighted by atomic mass is 16.6. The summed E-state index contributed by atoms with van der Waals surface area (Å²) in [6.07, 6.45) is 4.66. The molecule has 0 radical (unpaired) electrons. The van der Waals surface area contributed by atoms with Gasteiger partial charge in [0.2, 0.25) is 0 Å².